The zero-order valence-corrected chi connectivity index (χ0v) is 15.8. The van der Waals surface area contributed by atoms with E-state index in [1.807, 2.05) is 18.4 Å². The maximum atomic E-state index is 12.8. The third-order valence-electron chi connectivity index (χ3n) is 4.49. The van der Waals surface area contributed by atoms with Crippen LogP contribution in [0.4, 0.5) is 13.2 Å². The monoisotopic (exact) mass is 406 g/mol. The fourth-order valence-corrected chi connectivity index (χ4v) is 4.69. The number of alkyl halides is 3. The Kier molecular flexibility index (Phi) is 5.30. The second kappa shape index (κ2) is 7.23. The summed E-state index contributed by atoms with van der Waals surface area (Å²) >= 11 is 0. The molecule has 1 atom stereocenters. The first-order valence-electron chi connectivity index (χ1n) is 8.56. The van der Waals surface area contributed by atoms with Crippen LogP contribution in [-0.4, -0.2) is 56.5 Å². The van der Waals surface area contributed by atoms with Crippen LogP contribution in [0.1, 0.15) is 44.5 Å². The standard InChI is InChI=1S/C15H21F3N6O2S/c1-11(2)24-10-19-21-14(24)12-4-3-5-23(7-12)27(25,26)13-6-20-22(8-13)9-15(16,17)18/h6,8,10-12H,3-5,7,9H2,1-2H3. The van der Waals surface area contributed by atoms with Gasteiger partial charge in [0.1, 0.15) is 23.6 Å². The van der Waals surface area contributed by atoms with Crippen molar-refractivity contribution in [3.8, 4) is 0 Å². The van der Waals surface area contributed by atoms with Gasteiger partial charge in [-0.15, -0.1) is 10.2 Å². The van der Waals surface area contributed by atoms with Gasteiger partial charge in [-0.2, -0.15) is 22.6 Å². The van der Waals surface area contributed by atoms with Crippen LogP contribution in [0, 0.1) is 0 Å². The van der Waals surface area contributed by atoms with Crippen molar-refractivity contribution in [1.29, 1.82) is 0 Å². The second-order valence-corrected chi connectivity index (χ2v) is 8.82. The summed E-state index contributed by atoms with van der Waals surface area (Å²) < 4.78 is 66.9. The van der Waals surface area contributed by atoms with Crippen molar-refractivity contribution in [2.75, 3.05) is 13.1 Å². The topological polar surface area (TPSA) is 85.9 Å². The van der Waals surface area contributed by atoms with Crippen molar-refractivity contribution < 1.29 is 21.6 Å². The van der Waals surface area contributed by atoms with Gasteiger partial charge in [0.2, 0.25) is 10.0 Å². The fraction of sp³-hybridized carbons (Fsp3) is 0.667. The number of nitrogens with zero attached hydrogens (tertiary/aromatic N) is 6. The van der Waals surface area contributed by atoms with Crippen LogP contribution in [0.2, 0.25) is 0 Å². The van der Waals surface area contributed by atoms with E-state index < -0.39 is 22.7 Å². The van der Waals surface area contributed by atoms with E-state index in [0.717, 1.165) is 24.6 Å². The predicted molar refractivity (Wildman–Crippen MR) is 89.4 cm³/mol. The van der Waals surface area contributed by atoms with Crippen LogP contribution in [0.25, 0.3) is 0 Å². The Hall–Kier alpha value is -1.95. The predicted octanol–water partition coefficient (Wildman–Crippen LogP) is 2.19. The largest absolute Gasteiger partial charge is 0.408 e. The third-order valence-corrected chi connectivity index (χ3v) is 6.31. The molecule has 12 heteroatoms. The molecule has 150 valence electrons. The van der Waals surface area contributed by atoms with Gasteiger partial charge in [0.25, 0.3) is 0 Å². The number of piperidine rings is 1. The van der Waals surface area contributed by atoms with Crippen LogP contribution in [0.3, 0.4) is 0 Å². The van der Waals surface area contributed by atoms with Crippen molar-refractivity contribution in [3.05, 3.63) is 24.5 Å². The molecule has 0 N–H and O–H groups in total. The van der Waals surface area contributed by atoms with Crippen LogP contribution >= 0.6 is 0 Å². The van der Waals surface area contributed by atoms with Crippen LogP contribution < -0.4 is 0 Å². The van der Waals surface area contributed by atoms with E-state index in [2.05, 4.69) is 15.3 Å². The van der Waals surface area contributed by atoms with Gasteiger partial charge in [-0.05, 0) is 26.7 Å². The molecule has 8 nitrogen and oxygen atoms in total. The molecule has 0 spiro atoms. The highest BCUT2D eigenvalue weighted by Gasteiger charge is 2.35. The first kappa shape index (κ1) is 19.8. The molecule has 0 aliphatic carbocycles. The van der Waals surface area contributed by atoms with Crippen molar-refractivity contribution in [3.63, 3.8) is 0 Å². The lowest BCUT2D eigenvalue weighted by atomic mass is 9.98. The molecule has 1 aliphatic heterocycles. The normalized spacial score (nSPS) is 19.7. The van der Waals surface area contributed by atoms with Gasteiger partial charge >= 0.3 is 6.18 Å². The van der Waals surface area contributed by atoms with Crippen LogP contribution in [0.15, 0.2) is 23.6 Å². The first-order valence-corrected chi connectivity index (χ1v) is 10.0. The summed E-state index contributed by atoms with van der Waals surface area (Å²) in [6.07, 6.45) is 0.430. The van der Waals surface area contributed by atoms with Gasteiger partial charge in [-0.25, -0.2) is 8.42 Å². The molecule has 1 unspecified atom stereocenters. The molecule has 3 heterocycles. The number of halogens is 3. The molecule has 3 rings (SSSR count). The molecular weight excluding hydrogens is 385 g/mol. The Bertz CT molecular complexity index is 889. The highest BCUT2D eigenvalue weighted by molar-refractivity contribution is 7.89. The maximum Gasteiger partial charge on any atom is 0.408 e. The van der Waals surface area contributed by atoms with E-state index in [0.29, 0.717) is 17.6 Å². The molecule has 1 aliphatic rings. The Morgan fingerprint density at radius 1 is 1.33 bits per heavy atom. The first-order chi connectivity index (χ1) is 12.6. The Balaban J connectivity index is 1.80. The molecule has 0 saturated carbocycles. The molecule has 0 radical (unpaired) electrons. The van der Waals surface area contributed by atoms with E-state index >= 15 is 0 Å². The fourth-order valence-electron chi connectivity index (χ4n) is 3.21. The minimum Gasteiger partial charge on any atom is -0.315 e. The van der Waals surface area contributed by atoms with Crippen molar-refractivity contribution >= 4 is 10.0 Å². The van der Waals surface area contributed by atoms with Crippen LogP contribution in [0.5, 0.6) is 0 Å². The quantitative estimate of drug-likeness (QED) is 0.760. The van der Waals surface area contributed by atoms with Crippen molar-refractivity contribution in [2.45, 2.75) is 56.3 Å². The number of aromatic nitrogens is 5. The zero-order valence-electron chi connectivity index (χ0n) is 15.0. The number of hydrogen-bond acceptors (Lipinski definition) is 5. The smallest absolute Gasteiger partial charge is 0.315 e. The number of sulfonamides is 1. The summed E-state index contributed by atoms with van der Waals surface area (Å²) in [5.41, 5.74) is 0. The summed E-state index contributed by atoms with van der Waals surface area (Å²) in [7, 11) is -3.93. The Morgan fingerprint density at radius 3 is 2.74 bits per heavy atom. The summed E-state index contributed by atoms with van der Waals surface area (Å²) in [6.45, 7) is 3.15. The van der Waals surface area contributed by atoms with Gasteiger partial charge in [-0.1, -0.05) is 0 Å². The summed E-state index contributed by atoms with van der Waals surface area (Å²) in [5, 5.41) is 11.6. The van der Waals surface area contributed by atoms with E-state index in [-0.39, 0.29) is 23.4 Å². The van der Waals surface area contributed by atoms with Crippen LogP contribution in [-0.2, 0) is 16.6 Å². The molecular formula is C15H21F3N6O2S. The molecule has 0 bridgehead atoms. The minimum absolute atomic E-state index is 0.122. The molecule has 2 aromatic heterocycles. The molecule has 0 amide bonds. The minimum atomic E-state index is -4.47. The summed E-state index contributed by atoms with van der Waals surface area (Å²) in [4.78, 5) is -0.238. The van der Waals surface area contributed by atoms with Crippen molar-refractivity contribution in [2.24, 2.45) is 0 Å². The number of rotatable bonds is 5. The summed E-state index contributed by atoms with van der Waals surface area (Å²) in [5.74, 6) is 0.598. The molecule has 1 fully saturated rings. The Morgan fingerprint density at radius 2 is 2.07 bits per heavy atom. The SMILES string of the molecule is CC(C)n1cnnc1C1CCCN(S(=O)(=O)c2cnn(CC(F)(F)F)c2)C1. The van der Waals surface area contributed by atoms with Gasteiger partial charge < -0.3 is 4.57 Å². The van der Waals surface area contributed by atoms with Gasteiger partial charge in [0, 0.05) is 31.2 Å². The second-order valence-electron chi connectivity index (χ2n) is 6.88. The molecule has 0 aromatic carbocycles. The van der Waals surface area contributed by atoms with Gasteiger partial charge in [0.05, 0.1) is 6.20 Å². The highest BCUT2D eigenvalue weighted by Crippen LogP contribution is 2.30. The third kappa shape index (κ3) is 4.32. The molecule has 27 heavy (non-hydrogen) atoms. The lowest BCUT2D eigenvalue weighted by Crippen LogP contribution is -2.39. The van der Waals surface area contributed by atoms with Gasteiger partial charge in [-0.3, -0.25) is 4.68 Å². The number of hydrogen-bond donors (Lipinski definition) is 0. The van der Waals surface area contributed by atoms with E-state index in [1.54, 1.807) is 6.33 Å². The van der Waals surface area contributed by atoms with E-state index in [9.17, 15) is 21.6 Å². The highest BCUT2D eigenvalue weighted by atomic mass is 32.2. The molecule has 2 aromatic rings. The maximum absolute atomic E-state index is 12.8. The zero-order chi connectivity index (χ0) is 19.8. The average molecular weight is 406 g/mol. The van der Waals surface area contributed by atoms with Crippen molar-refractivity contribution in [1.82, 2.24) is 28.9 Å². The lowest BCUT2D eigenvalue weighted by Gasteiger charge is -2.31. The van der Waals surface area contributed by atoms with E-state index in [4.69, 9.17) is 0 Å². The Labute approximate surface area is 155 Å². The summed E-state index contributed by atoms with van der Waals surface area (Å²) in [6, 6.07) is 0.141. The average Bonchev–Trinajstić information content (AvgIpc) is 3.22. The van der Waals surface area contributed by atoms with Gasteiger partial charge in [0.15, 0.2) is 0 Å². The molecule has 1 saturated heterocycles. The lowest BCUT2D eigenvalue weighted by molar-refractivity contribution is -0.142. The van der Waals surface area contributed by atoms with E-state index in [1.165, 1.54) is 4.31 Å².